The van der Waals surface area contributed by atoms with E-state index in [-0.39, 0.29) is 0 Å². The van der Waals surface area contributed by atoms with Gasteiger partial charge in [0.05, 0.1) is 33.5 Å². The Morgan fingerprint density at radius 1 is 0.152 bits per heavy atom. The number of rotatable bonds is 10. The first kappa shape index (κ1) is 54.7. The van der Waals surface area contributed by atoms with E-state index in [1.54, 1.807) is 0 Å². The van der Waals surface area contributed by atoms with Crippen LogP contribution in [0.15, 0.2) is 315 Å². The fraction of sp³-hybridized carbons (Fsp3) is 0. The molecule has 17 rings (SSSR count). The molecule has 0 bridgehead atoms. The van der Waals surface area contributed by atoms with Crippen molar-refractivity contribution < 1.29 is 0 Å². The monoisotopic (exact) mass is 1180 g/mol. The van der Waals surface area contributed by atoms with Crippen LogP contribution in [0.3, 0.4) is 0 Å². The summed E-state index contributed by atoms with van der Waals surface area (Å²) in [5.74, 6) is 3.55. The molecule has 0 aliphatic heterocycles. The molecule has 0 aliphatic carbocycles. The highest BCUT2D eigenvalue weighted by Crippen LogP contribution is 2.35. The second kappa shape index (κ2) is 24.1. The lowest BCUT2D eigenvalue weighted by Crippen LogP contribution is -2.01. The summed E-state index contributed by atoms with van der Waals surface area (Å²) in [6, 6.07) is 107. The third kappa shape index (κ3) is 11.2. The lowest BCUT2D eigenvalue weighted by Gasteiger charge is -2.10. The Hall–Kier alpha value is -12.7. The summed E-state index contributed by atoms with van der Waals surface area (Å²) in [5, 5.41) is 6.72. The highest BCUT2D eigenvalue weighted by atomic mass is 15.1. The number of hydrogen-bond donors (Lipinski definition) is 0. The maximum Gasteiger partial charge on any atom is 0.182 e. The normalized spacial score (nSPS) is 11.3. The zero-order chi connectivity index (χ0) is 61.2. The van der Waals surface area contributed by atoms with Crippen molar-refractivity contribution in [1.82, 2.24) is 49.8 Å². The smallest absolute Gasteiger partial charge is 0.182 e. The predicted octanol–water partition coefficient (Wildman–Crippen LogP) is 19.8. The molecule has 0 radical (unpaired) electrons. The van der Waals surface area contributed by atoms with Crippen LogP contribution in [0.4, 0.5) is 0 Å². The topological polar surface area (TPSA) is 129 Å². The molecule has 0 atom stereocenters. The van der Waals surface area contributed by atoms with Crippen LogP contribution >= 0.6 is 0 Å². The molecule has 0 N–H and O–H groups in total. The van der Waals surface area contributed by atoms with Gasteiger partial charge >= 0.3 is 0 Å². The minimum atomic E-state index is 0.540. The number of nitrogens with zero attached hydrogens (tertiary/aromatic N) is 10. The van der Waals surface area contributed by atoms with Crippen LogP contribution in [0.5, 0.6) is 0 Å². The molecule has 0 spiro atoms. The van der Waals surface area contributed by atoms with Gasteiger partial charge in [0.1, 0.15) is 11.4 Å². The minimum absolute atomic E-state index is 0.540. The summed E-state index contributed by atoms with van der Waals surface area (Å²) < 4.78 is 0. The molecule has 11 aromatic carbocycles. The predicted molar refractivity (Wildman–Crippen MR) is 373 cm³/mol. The standard InChI is InChI=1S/C43H27N5.C39H25N5/c1-3-11-29(12-4-1)41-46-42(30-13-5-2-6-14-30)48-43(47-41)40-25-21-34-27-32(19-23-38(34)45-40)31-18-22-37-33(26-31)20-24-39(44-37)36-17-9-15-28-10-7-8-16-35(28)36;1-4-10-26(11-5-1)33-22-18-31-24-29(16-20-34(31)40-33)30-17-21-35-32(25-30)19-23-36(41-35)39-43-37(27-12-6-2-7-13-27)42-38(44-39)28-14-8-3-9-15-28/h1-27H;1-25H. The van der Waals surface area contributed by atoms with Crippen LogP contribution in [-0.4, -0.2) is 49.8 Å². The van der Waals surface area contributed by atoms with E-state index in [0.717, 1.165) is 111 Å². The second-order valence-electron chi connectivity index (χ2n) is 22.4. The summed E-state index contributed by atoms with van der Waals surface area (Å²) in [6.45, 7) is 0. The van der Waals surface area contributed by atoms with Crippen LogP contribution < -0.4 is 0 Å². The number of aromatic nitrogens is 10. The van der Waals surface area contributed by atoms with Gasteiger partial charge in [-0.25, -0.2) is 49.8 Å². The molecule has 0 saturated carbocycles. The summed E-state index contributed by atoms with van der Waals surface area (Å²) in [4.78, 5) is 48.9. The highest BCUT2D eigenvalue weighted by Gasteiger charge is 2.17. The molecule has 0 amide bonds. The quantitative estimate of drug-likeness (QED) is 0.130. The lowest BCUT2D eigenvalue weighted by atomic mass is 9.99. The molecule has 10 nitrogen and oxygen atoms in total. The van der Waals surface area contributed by atoms with Crippen LogP contribution in [0, 0.1) is 0 Å². The summed E-state index contributed by atoms with van der Waals surface area (Å²) in [6.07, 6.45) is 0. The Morgan fingerprint density at radius 2 is 0.446 bits per heavy atom. The molecule has 6 heterocycles. The van der Waals surface area contributed by atoms with Gasteiger partial charge in [-0.3, -0.25) is 0 Å². The van der Waals surface area contributed by atoms with Crippen molar-refractivity contribution in [3.8, 4) is 113 Å². The maximum absolute atomic E-state index is 5.04. The molecule has 17 aromatic rings. The Morgan fingerprint density at radius 3 is 0.837 bits per heavy atom. The van der Waals surface area contributed by atoms with Gasteiger partial charge in [-0.05, 0) is 106 Å². The van der Waals surface area contributed by atoms with E-state index in [2.05, 4.69) is 164 Å². The van der Waals surface area contributed by atoms with Gasteiger partial charge in [-0.1, -0.05) is 243 Å². The van der Waals surface area contributed by atoms with Crippen molar-refractivity contribution in [3.63, 3.8) is 0 Å². The van der Waals surface area contributed by atoms with Crippen molar-refractivity contribution in [3.05, 3.63) is 315 Å². The summed E-state index contributed by atoms with van der Waals surface area (Å²) in [5.41, 5.74) is 17.5. The van der Waals surface area contributed by atoms with Crippen molar-refractivity contribution in [1.29, 1.82) is 0 Å². The Balaban J connectivity index is 0.000000147. The Labute approximate surface area is 530 Å². The second-order valence-corrected chi connectivity index (χ2v) is 22.4. The third-order valence-corrected chi connectivity index (χ3v) is 16.4. The Bertz CT molecular complexity index is 5460. The molecule has 430 valence electrons. The van der Waals surface area contributed by atoms with Gasteiger partial charge in [0, 0.05) is 54.9 Å². The van der Waals surface area contributed by atoms with Crippen molar-refractivity contribution in [2.75, 3.05) is 0 Å². The first-order valence-corrected chi connectivity index (χ1v) is 30.4. The number of benzene rings is 11. The molecule has 6 aromatic heterocycles. The zero-order valence-corrected chi connectivity index (χ0v) is 49.5. The number of fused-ring (bicyclic) bond motifs is 5. The van der Waals surface area contributed by atoms with Gasteiger partial charge in [0.15, 0.2) is 34.9 Å². The molecular formula is C82H52N10. The van der Waals surface area contributed by atoms with E-state index in [1.165, 1.54) is 10.8 Å². The van der Waals surface area contributed by atoms with E-state index in [0.29, 0.717) is 46.3 Å². The van der Waals surface area contributed by atoms with E-state index < -0.39 is 0 Å². The lowest BCUT2D eigenvalue weighted by molar-refractivity contribution is 1.06. The number of pyridine rings is 4. The minimum Gasteiger partial charge on any atom is -0.248 e. The van der Waals surface area contributed by atoms with Crippen LogP contribution in [0.25, 0.3) is 168 Å². The van der Waals surface area contributed by atoms with E-state index in [4.69, 9.17) is 49.8 Å². The SMILES string of the molecule is c1ccc(-c2ccc3cc(-c4ccc5nc(-c6nc(-c7ccccc7)nc(-c7ccccc7)n6)ccc5c4)ccc3n2)cc1.c1ccc(-c2nc(-c3ccccc3)nc(-c3ccc4cc(-c5ccc6nc(-c7cccc8ccccc78)ccc6c5)ccc4n3)n2)cc1. The molecule has 0 fully saturated rings. The Kier molecular flexibility index (Phi) is 14.4. The maximum atomic E-state index is 5.04. The summed E-state index contributed by atoms with van der Waals surface area (Å²) >= 11 is 0. The molecule has 10 heteroatoms. The first-order valence-electron chi connectivity index (χ1n) is 30.4. The van der Waals surface area contributed by atoms with Gasteiger partial charge in [0.2, 0.25) is 0 Å². The van der Waals surface area contributed by atoms with Crippen molar-refractivity contribution in [2.24, 2.45) is 0 Å². The van der Waals surface area contributed by atoms with E-state index >= 15 is 0 Å². The van der Waals surface area contributed by atoms with Gasteiger partial charge < -0.3 is 0 Å². The molecule has 0 aliphatic rings. The summed E-state index contributed by atoms with van der Waals surface area (Å²) in [7, 11) is 0. The molecule has 92 heavy (non-hydrogen) atoms. The van der Waals surface area contributed by atoms with Gasteiger partial charge in [-0.15, -0.1) is 0 Å². The van der Waals surface area contributed by atoms with Gasteiger partial charge in [0.25, 0.3) is 0 Å². The van der Waals surface area contributed by atoms with Crippen LogP contribution in [-0.2, 0) is 0 Å². The van der Waals surface area contributed by atoms with Crippen molar-refractivity contribution >= 4 is 54.4 Å². The molecule has 0 saturated heterocycles. The largest absolute Gasteiger partial charge is 0.248 e. The first-order chi connectivity index (χ1) is 45.5. The van der Waals surface area contributed by atoms with Crippen LogP contribution in [0.2, 0.25) is 0 Å². The molecule has 0 unspecified atom stereocenters. The van der Waals surface area contributed by atoms with E-state index in [9.17, 15) is 0 Å². The third-order valence-electron chi connectivity index (χ3n) is 16.4. The average Bonchev–Trinajstić information content (AvgIpc) is 1.12. The zero-order valence-electron chi connectivity index (χ0n) is 49.5. The average molecular weight is 1180 g/mol. The fourth-order valence-electron chi connectivity index (χ4n) is 11.7. The highest BCUT2D eigenvalue weighted by molar-refractivity contribution is 5.98. The molecular weight excluding hydrogens is 1120 g/mol. The van der Waals surface area contributed by atoms with Crippen LogP contribution in [0.1, 0.15) is 0 Å². The van der Waals surface area contributed by atoms with E-state index in [1.807, 2.05) is 152 Å². The van der Waals surface area contributed by atoms with Crippen molar-refractivity contribution in [2.45, 2.75) is 0 Å². The fourth-order valence-corrected chi connectivity index (χ4v) is 11.7. The van der Waals surface area contributed by atoms with Gasteiger partial charge in [-0.2, -0.15) is 0 Å². The number of hydrogen-bond acceptors (Lipinski definition) is 10.